The summed E-state index contributed by atoms with van der Waals surface area (Å²) in [6.45, 7) is 0.360. The Morgan fingerprint density at radius 1 is 1.09 bits per heavy atom. The van der Waals surface area contributed by atoms with E-state index in [-0.39, 0.29) is 10.8 Å². The Bertz CT molecular complexity index is 755. The maximum Gasteiger partial charge on any atom is 0.261 e. The van der Waals surface area contributed by atoms with Crippen molar-refractivity contribution in [1.29, 1.82) is 0 Å². The summed E-state index contributed by atoms with van der Waals surface area (Å²) in [5.74, 6) is 0.447. The molecule has 0 aliphatic rings. The molecule has 0 aliphatic heterocycles. The van der Waals surface area contributed by atoms with E-state index in [2.05, 4.69) is 5.32 Å². The minimum absolute atomic E-state index is 0.0409. The van der Waals surface area contributed by atoms with Crippen LogP contribution in [-0.2, 0) is 15.6 Å². The molecule has 0 saturated carbocycles. The summed E-state index contributed by atoms with van der Waals surface area (Å²) in [6, 6.07) is 12.7. The van der Waals surface area contributed by atoms with Gasteiger partial charge in [-0.25, -0.2) is 8.42 Å². The Hall–Kier alpha value is -2.05. The van der Waals surface area contributed by atoms with Crippen LogP contribution in [-0.4, -0.2) is 21.4 Å². The lowest BCUT2D eigenvalue weighted by atomic mass is 10.2. The minimum atomic E-state index is -3.78. The van der Waals surface area contributed by atoms with Crippen LogP contribution in [0.3, 0.4) is 0 Å². The van der Waals surface area contributed by atoms with Gasteiger partial charge < -0.3 is 10.1 Å². The van der Waals surface area contributed by atoms with Gasteiger partial charge >= 0.3 is 0 Å². The van der Waals surface area contributed by atoms with Gasteiger partial charge in [-0.3, -0.25) is 4.79 Å². The SMILES string of the molecule is COc1ccc(CNC(=O)c2ccc(S(=O)(=O)Cl)cc2)cc1. The molecule has 0 heterocycles. The Kier molecular flexibility index (Phi) is 5.05. The van der Waals surface area contributed by atoms with Crippen molar-refractivity contribution in [2.75, 3.05) is 7.11 Å². The van der Waals surface area contributed by atoms with E-state index >= 15 is 0 Å². The highest BCUT2D eigenvalue weighted by Crippen LogP contribution is 2.15. The van der Waals surface area contributed by atoms with Gasteiger partial charge in [0, 0.05) is 22.8 Å². The highest BCUT2D eigenvalue weighted by atomic mass is 35.7. The third kappa shape index (κ3) is 4.22. The third-order valence-corrected chi connectivity index (χ3v) is 4.38. The van der Waals surface area contributed by atoms with E-state index in [1.54, 1.807) is 7.11 Å². The molecular weight excluding hydrogens is 326 g/mol. The van der Waals surface area contributed by atoms with Gasteiger partial charge in [0.2, 0.25) is 0 Å². The molecule has 1 amide bonds. The molecule has 0 radical (unpaired) electrons. The number of halogens is 1. The fourth-order valence-electron chi connectivity index (χ4n) is 1.80. The molecule has 0 atom stereocenters. The predicted octanol–water partition coefficient (Wildman–Crippen LogP) is 2.55. The van der Waals surface area contributed by atoms with Gasteiger partial charge in [-0.15, -0.1) is 0 Å². The summed E-state index contributed by atoms with van der Waals surface area (Å²) >= 11 is 0. The topological polar surface area (TPSA) is 72.5 Å². The summed E-state index contributed by atoms with van der Waals surface area (Å²) in [5.41, 5.74) is 1.28. The zero-order valence-corrected chi connectivity index (χ0v) is 13.3. The average Bonchev–Trinajstić information content (AvgIpc) is 2.52. The van der Waals surface area contributed by atoms with Gasteiger partial charge in [0.25, 0.3) is 15.0 Å². The molecule has 5 nitrogen and oxygen atoms in total. The molecule has 0 aromatic heterocycles. The molecule has 22 heavy (non-hydrogen) atoms. The number of hydrogen-bond acceptors (Lipinski definition) is 4. The molecule has 0 unspecified atom stereocenters. The highest BCUT2D eigenvalue weighted by Gasteiger charge is 2.11. The summed E-state index contributed by atoms with van der Waals surface area (Å²) < 4.78 is 27.3. The zero-order valence-electron chi connectivity index (χ0n) is 11.7. The van der Waals surface area contributed by atoms with Crippen molar-refractivity contribution in [1.82, 2.24) is 5.32 Å². The first-order valence-corrected chi connectivity index (χ1v) is 8.67. The molecular formula is C15H14ClNO4S. The van der Waals surface area contributed by atoms with Gasteiger partial charge in [0.15, 0.2) is 0 Å². The fourth-order valence-corrected chi connectivity index (χ4v) is 2.57. The highest BCUT2D eigenvalue weighted by molar-refractivity contribution is 8.13. The van der Waals surface area contributed by atoms with Crippen molar-refractivity contribution in [3.05, 3.63) is 59.7 Å². The van der Waals surface area contributed by atoms with Crippen molar-refractivity contribution in [2.45, 2.75) is 11.4 Å². The molecule has 0 spiro atoms. The second kappa shape index (κ2) is 6.81. The number of rotatable bonds is 5. The lowest BCUT2D eigenvalue weighted by molar-refractivity contribution is 0.0951. The van der Waals surface area contributed by atoms with Crippen LogP contribution < -0.4 is 10.1 Å². The molecule has 0 fully saturated rings. The van der Waals surface area contributed by atoms with Crippen molar-refractivity contribution in [2.24, 2.45) is 0 Å². The predicted molar refractivity (Wildman–Crippen MR) is 83.6 cm³/mol. The fraction of sp³-hybridized carbons (Fsp3) is 0.133. The Morgan fingerprint density at radius 2 is 1.68 bits per heavy atom. The Morgan fingerprint density at radius 3 is 2.18 bits per heavy atom. The number of nitrogens with one attached hydrogen (secondary N) is 1. The van der Waals surface area contributed by atoms with Gasteiger partial charge in [-0.05, 0) is 42.0 Å². The van der Waals surface area contributed by atoms with Crippen molar-refractivity contribution < 1.29 is 17.9 Å². The van der Waals surface area contributed by atoms with Crippen molar-refractivity contribution in [3.8, 4) is 5.75 Å². The minimum Gasteiger partial charge on any atom is -0.497 e. The lowest BCUT2D eigenvalue weighted by Gasteiger charge is -2.07. The number of benzene rings is 2. The molecule has 2 aromatic rings. The normalized spacial score (nSPS) is 11.0. The summed E-state index contributed by atoms with van der Waals surface area (Å²) in [5, 5.41) is 2.75. The van der Waals surface area contributed by atoms with E-state index in [9.17, 15) is 13.2 Å². The lowest BCUT2D eigenvalue weighted by Crippen LogP contribution is -2.22. The number of amides is 1. The van der Waals surface area contributed by atoms with E-state index in [0.717, 1.165) is 11.3 Å². The van der Waals surface area contributed by atoms with Crippen LogP contribution in [0.1, 0.15) is 15.9 Å². The van der Waals surface area contributed by atoms with Gasteiger partial charge in [-0.1, -0.05) is 12.1 Å². The molecule has 0 saturated heterocycles. The van der Waals surface area contributed by atoms with Crippen LogP contribution >= 0.6 is 10.7 Å². The number of carbonyl (C=O) groups is 1. The van der Waals surface area contributed by atoms with Crippen LogP contribution in [0.25, 0.3) is 0 Å². The number of ether oxygens (including phenoxy) is 1. The van der Waals surface area contributed by atoms with Gasteiger partial charge in [0.1, 0.15) is 5.75 Å². The molecule has 7 heteroatoms. The zero-order chi connectivity index (χ0) is 16.2. The van der Waals surface area contributed by atoms with Crippen molar-refractivity contribution in [3.63, 3.8) is 0 Å². The first-order valence-electron chi connectivity index (χ1n) is 6.36. The molecule has 0 aliphatic carbocycles. The molecule has 2 aromatic carbocycles. The van der Waals surface area contributed by atoms with Crippen LogP contribution in [0.4, 0.5) is 0 Å². The van der Waals surface area contributed by atoms with Crippen molar-refractivity contribution >= 4 is 25.6 Å². The van der Waals surface area contributed by atoms with Gasteiger partial charge in [-0.2, -0.15) is 0 Å². The van der Waals surface area contributed by atoms with Crippen LogP contribution in [0.2, 0.25) is 0 Å². The van der Waals surface area contributed by atoms with E-state index in [4.69, 9.17) is 15.4 Å². The van der Waals surface area contributed by atoms with E-state index in [1.807, 2.05) is 24.3 Å². The summed E-state index contributed by atoms with van der Waals surface area (Å²) in [6.07, 6.45) is 0. The molecule has 116 valence electrons. The smallest absolute Gasteiger partial charge is 0.261 e. The number of methoxy groups -OCH3 is 1. The maximum atomic E-state index is 12.0. The van der Waals surface area contributed by atoms with Gasteiger partial charge in [0.05, 0.1) is 12.0 Å². The van der Waals surface area contributed by atoms with E-state index in [1.165, 1.54) is 24.3 Å². The Labute approximate surface area is 133 Å². The van der Waals surface area contributed by atoms with Crippen LogP contribution in [0, 0.1) is 0 Å². The summed E-state index contributed by atoms with van der Waals surface area (Å²) in [7, 11) is 3.02. The first-order chi connectivity index (χ1) is 10.4. The second-order valence-corrected chi connectivity index (χ2v) is 7.06. The molecule has 1 N–H and O–H groups in total. The number of carbonyl (C=O) groups excluding carboxylic acids is 1. The molecule has 0 bridgehead atoms. The van der Waals surface area contributed by atoms with E-state index < -0.39 is 9.05 Å². The quantitative estimate of drug-likeness (QED) is 0.850. The third-order valence-electron chi connectivity index (χ3n) is 3.01. The van der Waals surface area contributed by atoms with Crippen LogP contribution in [0.15, 0.2) is 53.4 Å². The van der Waals surface area contributed by atoms with Crippen LogP contribution in [0.5, 0.6) is 5.75 Å². The number of hydrogen-bond donors (Lipinski definition) is 1. The molecule has 2 rings (SSSR count). The Balaban J connectivity index is 1.99. The maximum absolute atomic E-state index is 12.0. The van der Waals surface area contributed by atoms with E-state index in [0.29, 0.717) is 12.1 Å². The second-order valence-electron chi connectivity index (χ2n) is 4.49. The average molecular weight is 340 g/mol. The largest absolute Gasteiger partial charge is 0.497 e. The monoisotopic (exact) mass is 339 g/mol. The standard InChI is InChI=1S/C15H14ClNO4S/c1-21-13-6-2-11(3-7-13)10-17-15(18)12-4-8-14(9-5-12)22(16,19)20/h2-9H,10H2,1H3,(H,17,18). The summed E-state index contributed by atoms with van der Waals surface area (Å²) in [4.78, 5) is 11.9. The first kappa shape index (κ1) is 16.3.